The lowest BCUT2D eigenvalue weighted by Gasteiger charge is -2.39. The number of carbonyl (C=O) groups is 1. The molecule has 0 spiro atoms. The van der Waals surface area contributed by atoms with Gasteiger partial charge in [-0.3, -0.25) is 0 Å². The molecule has 1 rings (SSSR count). The van der Waals surface area contributed by atoms with Gasteiger partial charge in [-0.15, -0.1) is 0 Å². The smallest absolute Gasteiger partial charge is 0.373 e. The van der Waals surface area contributed by atoms with Gasteiger partial charge in [-0.05, 0) is 19.4 Å². The molecule has 0 aromatic carbocycles. The number of unbranched alkanes of at least 4 members (excludes halogenated alkanes) is 3. The van der Waals surface area contributed by atoms with Crippen LogP contribution in [0.15, 0.2) is 11.8 Å². The molecule has 0 saturated carbocycles. The van der Waals surface area contributed by atoms with Crippen LogP contribution in [0.1, 0.15) is 39.5 Å². The number of rotatable bonds is 11. The van der Waals surface area contributed by atoms with Crippen LogP contribution in [0.2, 0.25) is 0 Å². The number of aliphatic hydroxyl groups excluding tert-OH is 3. The molecule has 0 aromatic heterocycles. The highest BCUT2D eigenvalue weighted by Gasteiger charge is 2.42. The topological polar surface area (TPSA) is 132 Å². The molecular weight excluding hydrogens is 372 g/mol. The molecule has 5 atom stereocenters. The number of nitrogens with one attached hydrogen (secondary N) is 2. The lowest BCUT2D eigenvalue weighted by Crippen LogP contribution is -2.58. The van der Waals surface area contributed by atoms with Crippen molar-refractivity contribution in [3.8, 4) is 0 Å². The molecule has 0 saturated heterocycles. The maximum absolute atomic E-state index is 12.3. The predicted octanol–water partition coefficient (Wildman–Crippen LogP) is 0.678. The Morgan fingerprint density at radius 3 is 2.70 bits per heavy atom. The van der Waals surface area contributed by atoms with Crippen molar-refractivity contribution in [1.82, 2.24) is 5.32 Å². The summed E-state index contributed by atoms with van der Waals surface area (Å²) in [7, 11) is 0. The molecule has 0 amide bonds. The Balaban J connectivity index is 2.92. The molecule has 8 nitrogen and oxygen atoms in total. The maximum atomic E-state index is 12.3. The first-order valence-electron chi connectivity index (χ1n) is 9.15. The van der Waals surface area contributed by atoms with Gasteiger partial charge in [0.15, 0.2) is 0 Å². The van der Waals surface area contributed by atoms with E-state index in [0.717, 1.165) is 31.9 Å². The molecule has 0 aliphatic carbocycles. The summed E-state index contributed by atoms with van der Waals surface area (Å²) in [6, 6.07) is -0.683. The van der Waals surface area contributed by atoms with E-state index < -0.39 is 42.8 Å². The van der Waals surface area contributed by atoms with Gasteiger partial charge >= 0.3 is 5.97 Å². The van der Waals surface area contributed by atoms with E-state index in [-0.39, 0.29) is 12.4 Å². The molecule has 0 bridgehead atoms. The summed E-state index contributed by atoms with van der Waals surface area (Å²) in [5.41, 5.74) is 0. The van der Waals surface area contributed by atoms with Crippen molar-refractivity contribution in [2.75, 3.05) is 13.2 Å². The van der Waals surface area contributed by atoms with E-state index >= 15 is 0 Å². The quantitative estimate of drug-likeness (QED) is 0.147. The molecule has 0 aromatic rings. The number of ether oxygens (including phenoxy) is 2. The summed E-state index contributed by atoms with van der Waals surface area (Å²) in [5, 5.41) is 39.8. The molecule has 1 heterocycles. The average Bonchev–Trinajstić information content (AvgIpc) is 2.65. The Labute approximate surface area is 165 Å². The highest BCUT2D eigenvalue weighted by Crippen LogP contribution is 2.26. The van der Waals surface area contributed by atoms with Gasteiger partial charge in [0.05, 0.1) is 24.2 Å². The molecule has 9 heteroatoms. The molecule has 0 radical (unpaired) electrons. The van der Waals surface area contributed by atoms with E-state index in [9.17, 15) is 15.0 Å². The van der Waals surface area contributed by atoms with Crippen molar-refractivity contribution in [1.29, 1.82) is 5.41 Å². The Morgan fingerprint density at radius 2 is 2.15 bits per heavy atom. The minimum atomic E-state index is -1.50. The van der Waals surface area contributed by atoms with Gasteiger partial charge in [0.1, 0.15) is 18.3 Å². The standard InChI is InChI=1S/C18H30N2O6S/c1-3-4-5-6-7-25-18(24)14-8-12(9-19)15(20-11(2)27)17(26-14)16(23)13(22)10-21/h8-9,12-13,15-17,19,21-23H,3-7,10H2,1-2H3,(H,20,27). The SMILES string of the molecule is CCCCCCOC(=O)C1=CC(C=N)C(NC(C)=S)C(C(O)C(O)CO)O1. The van der Waals surface area contributed by atoms with Crippen molar-refractivity contribution in [2.45, 2.75) is 63.9 Å². The molecule has 5 N–H and O–H groups in total. The first kappa shape index (κ1) is 23.5. The third-order valence-corrected chi connectivity index (χ3v) is 4.41. The van der Waals surface area contributed by atoms with Crippen LogP contribution in [0.4, 0.5) is 0 Å². The number of hydrogen-bond donors (Lipinski definition) is 5. The van der Waals surface area contributed by atoms with Crippen LogP contribution in [-0.2, 0) is 14.3 Å². The number of carbonyl (C=O) groups excluding carboxylic acids is 1. The predicted molar refractivity (Wildman–Crippen MR) is 105 cm³/mol. The molecule has 27 heavy (non-hydrogen) atoms. The van der Waals surface area contributed by atoms with Crippen LogP contribution in [0, 0.1) is 11.3 Å². The minimum absolute atomic E-state index is 0.131. The summed E-state index contributed by atoms with van der Waals surface area (Å²) in [6.07, 6.45) is 2.29. The number of hydrogen-bond acceptors (Lipinski definition) is 8. The van der Waals surface area contributed by atoms with E-state index in [1.807, 2.05) is 0 Å². The summed E-state index contributed by atoms with van der Waals surface area (Å²) >= 11 is 5.04. The molecule has 154 valence electrons. The number of aliphatic hydroxyl groups is 3. The van der Waals surface area contributed by atoms with E-state index in [2.05, 4.69) is 12.2 Å². The Hall–Kier alpha value is -1.55. The third-order valence-electron chi connectivity index (χ3n) is 4.29. The molecule has 1 aliphatic rings. The van der Waals surface area contributed by atoms with Gasteiger partial charge in [0.25, 0.3) is 0 Å². The lowest BCUT2D eigenvalue weighted by molar-refractivity contribution is -0.151. The van der Waals surface area contributed by atoms with Crippen molar-refractivity contribution in [3.63, 3.8) is 0 Å². The summed E-state index contributed by atoms with van der Waals surface area (Å²) < 4.78 is 10.8. The highest BCUT2D eigenvalue weighted by molar-refractivity contribution is 7.80. The van der Waals surface area contributed by atoms with Crippen LogP contribution >= 0.6 is 12.2 Å². The monoisotopic (exact) mass is 402 g/mol. The van der Waals surface area contributed by atoms with Crippen LogP contribution in [0.3, 0.4) is 0 Å². The largest absolute Gasteiger partial charge is 0.478 e. The van der Waals surface area contributed by atoms with Gasteiger partial charge in [-0.1, -0.05) is 38.4 Å². The van der Waals surface area contributed by atoms with E-state index in [1.54, 1.807) is 6.92 Å². The van der Waals surface area contributed by atoms with Crippen molar-refractivity contribution < 1.29 is 29.6 Å². The summed E-state index contributed by atoms with van der Waals surface area (Å²) in [6.45, 7) is 3.29. The zero-order valence-electron chi connectivity index (χ0n) is 15.8. The molecular formula is C18H30N2O6S. The van der Waals surface area contributed by atoms with E-state index in [4.69, 9.17) is 32.2 Å². The third kappa shape index (κ3) is 7.17. The molecule has 5 unspecified atom stereocenters. The fourth-order valence-corrected chi connectivity index (χ4v) is 2.95. The van der Waals surface area contributed by atoms with E-state index in [0.29, 0.717) is 4.99 Å². The van der Waals surface area contributed by atoms with Gasteiger partial charge in [-0.2, -0.15) is 0 Å². The van der Waals surface area contributed by atoms with Crippen LogP contribution < -0.4 is 5.32 Å². The van der Waals surface area contributed by atoms with Crippen molar-refractivity contribution in [2.24, 2.45) is 5.92 Å². The normalized spacial score (nSPS) is 24.2. The minimum Gasteiger partial charge on any atom is -0.478 e. The van der Waals surface area contributed by atoms with Crippen LogP contribution in [0.5, 0.6) is 0 Å². The van der Waals surface area contributed by atoms with Gasteiger partial charge in [0, 0.05) is 12.1 Å². The van der Waals surface area contributed by atoms with Gasteiger partial charge < -0.3 is 35.5 Å². The lowest BCUT2D eigenvalue weighted by atomic mass is 9.88. The fourth-order valence-electron chi connectivity index (χ4n) is 2.81. The zero-order chi connectivity index (χ0) is 20.4. The second kappa shape index (κ2) is 12.0. The zero-order valence-corrected chi connectivity index (χ0v) is 16.6. The highest BCUT2D eigenvalue weighted by atomic mass is 32.1. The number of esters is 1. The second-order valence-corrected chi connectivity index (χ2v) is 7.13. The summed E-state index contributed by atoms with van der Waals surface area (Å²) in [4.78, 5) is 12.7. The summed E-state index contributed by atoms with van der Waals surface area (Å²) in [5.74, 6) is -1.44. The number of thiocarbonyl (C=S) groups is 1. The van der Waals surface area contributed by atoms with Crippen LogP contribution in [0.25, 0.3) is 0 Å². The van der Waals surface area contributed by atoms with Crippen LogP contribution in [-0.4, -0.2) is 70.1 Å². The van der Waals surface area contributed by atoms with Crippen molar-refractivity contribution in [3.05, 3.63) is 11.8 Å². The maximum Gasteiger partial charge on any atom is 0.373 e. The average molecular weight is 403 g/mol. The Bertz CT molecular complexity index is 542. The van der Waals surface area contributed by atoms with Gasteiger partial charge in [-0.25, -0.2) is 4.79 Å². The molecule has 0 fully saturated rings. The Kier molecular flexibility index (Phi) is 10.5. The fraction of sp³-hybridized carbons (Fsp3) is 0.722. The first-order chi connectivity index (χ1) is 12.8. The molecule has 1 aliphatic heterocycles. The van der Waals surface area contributed by atoms with E-state index in [1.165, 1.54) is 6.08 Å². The van der Waals surface area contributed by atoms with Crippen molar-refractivity contribution >= 4 is 29.4 Å². The Morgan fingerprint density at radius 1 is 1.44 bits per heavy atom. The second-order valence-electron chi connectivity index (χ2n) is 6.52. The van der Waals surface area contributed by atoms with Gasteiger partial charge in [0.2, 0.25) is 5.76 Å². The first-order valence-corrected chi connectivity index (χ1v) is 9.56.